The van der Waals surface area contributed by atoms with E-state index in [2.05, 4.69) is 34.1 Å². The highest BCUT2D eigenvalue weighted by molar-refractivity contribution is 6.17. The molecule has 1 aliphatic rings. The van der Waals surface area contributed by atoms with Gasteiger partial charge in [-0.1, -0.05) is 30.3 Å². The molecule has 1 aromatic heterocycles. The zero-order chi connectivity index (χ0) is 11.7. The molecule has 0 aliphatic carbocycles. The summed E-state index contributed by atoms with van der Waals surface area (Å²) in [6, 6.07) is 12.5. The average Bonchev–Trinajstić information content (AvgIpc) is 2.82. The first-order valence-electron chi connectivity index (χ1n) is 5.70. The van der Waals surface area contributed by atoms with Crippen molar-refractivity contribution >= 4 is 17.4 Å². The molecule has 86 valence electrons. The summed E-state index contributed by atoms with van der Waals surface area (Å²) in [5.41, 5.74) is 3.87. The van der Waals surface area contributed by atoms with E-state index in [1.54, 1.807) is 0 Å². The Kier molecular flexibility index (Phi) is 2.73. The van der Waals surface area contributed by atoms with E-state index in [1.165, 1.54) is 11.1 Å². The lowest BCUT2D eigenvalue weighted by Gasteiger charge is -2.18. The molecule has 3 rings (SSSR count). The van der Waals surface area contributed by atoms with Gasteiger partial charge >= 0.3 is 0 Å². The fraction of sp³-hybridized carbons (Fsp3) is 0.214. The van der Waals surface area contributed by atoms with Crippen molar-refractivity contribution in [3.05, 3.63) is 59.3 Å². The summed E-state index contributed by atoms with van der Waals surface area (Å²) in [5, 5.41) is 0. The Bertz CT molecular complexity index is 514. The summed E-state index contributed by atoms with van der Waals surface area (Å²) in [4.78, 5) is 6.74. The van der Waals surface area contributed by atoms with Gasteiger partial charge in [0.1, 0.15) is 5.82 Å². The molecule has 0 fully saturated rings. The number of pyridine rings is 1. The van der Waals surface area contributed by atoms with E-state index in [0.717, 1.165) is 24.5 Å². The van der Waals surface area contributed by atoms with E-state index in [9.17, 15) is 0 Å². The zero-order valence-electron chi connectivity index (χ0n) is 9.44. The highest BCUT2D eigenvalue weighted by Gasteiger charge is 2.20. The van der Waals surface area contributed by atoms with Crippen LogP contribution in [0.15, 0.2) is 42.6 Å². The maximum Gasteiger partial charge on any atom is 0.133 e. The van der Waals surface area contributed by atoms with Crippen molar-refractivity contribution in [2.45, 2.75) is 19.0 Å². The summed E-state index contributed by atoms with van der Waals surface area (Å²) in [5.74, 6) is 1.52. The predicted octanol–water partition coefficient (Wildman–Crippen LogP) is 3.34. The fourth-order valence-electron chi connectivity index (χ4n) is 2.30. The van der Waals surface area contributed by atoms with Crippen LogP contribution in [0.2, 0.25) is 0 Å². The number of hydrogen-bond donors (Lipinski definition) is 0. The number of alkyl halides is 1. The van der Waals surface area contributed by atoms with Gasteiger partial charge in [0, 0.05) is 24.8 Å². The van der Waals surface area contributed by atoms with E-state index in [0.29, 0.717) is 5.88 Å². The summed E-state index contributed by atoms with van der Waals surface area (Å²) in [6.07, 6.45) is 1.83. The molecule has 1 aliphatic heterocycles. The number of benzene rings is 1. The van der Waals surface area contributed by atoms with Crippen LogP contribution in [0, 0.1) is 0 Å². The van der Waals surface area contributed by atoms with Gasteiger partial charge in [0.25, 0.3) is 0 Å². The number of nitrogens with zero attached hydrogens (tertiary/aromatic N) is 2. The zero-order valence-corrected chi connectivity index (χ0v) is 10.2. The largest absolute Gasteiger partial charge is 0.348 e. The molecule has 2 nitrogen and oxygen atoms in total. The molecule has 0 N–H and O–H groups in total. The van der Waals surface area contributed by atoms with Gasteiger partial charge in [0.05, 0.1) is 5.88 Å². The molecule has 3 heteroatoms. The Balaban J connectivity index is 1.94. The maximum atomic E-state index is 5.96. The van der Waals surface area contributed by atoms with E-state index in [1.807, 2.05) is 18.3 Å². The lowest BCUT2D eigenvalue weighted by molar-refractivity contribution is 0.849. The highest BCUT2D eigenvalue weighted by Crippen LogP contribution is 2.29. The van der Waals surface area contributed by atoms with Gasteiger partial charge in [-0.15, -0.1) is 11.6 Å². The lowest BCUT2D eigenvalue weighted by Crippen LogP contribution is -2.17. The molecular formula is C14H13ClN2. The second kappa shape index (κ2) is 4.38. The first-order valence-corrected chi connectivity index (χ1v) is 6.23. The summed E-state index contributed by atoms with van der Waals surface area (Å²) in [7, 11) is 0. The number of aromatic nitrogens is 1. The normalized spacial score (nSPS) is 13.8. The molecule has 2 aromatic rings. The van der Waals surface area contributed by atoms with Crippen LogP contribution in [-0.4, -0.2) is 4.98 Å². The van der Waals surface area contributed by atoms with Crippen molar-refractivity contribution in [3.8, 4) is 0 Å². The Morgan fingerprint density at radius 2 is 1.76 bits per heavy atom. The van der Waals surface area contributed by atoms with E-state index >= 15 is 0 Å². The summed E-state index contributed by atoms with van der Waals surface area (Å²) >= 11 is 5.96. The topological polar surface area (TPSA) is 16.1 Å². The number of anilines is 1. The molecule has 2 heterocycles. The Hall–Kier alpha value is -1.54. The summed E-state index contributed by atoms with van der Waals surface area (Å²) in [6.45, 7) is 1.86. The van der Waals surface area contributed by atoms with Crippen LogP contribution in [0.5, 0.6) is 0 Å². The van der Waals surface area contributed by atoms with Gasteiger partial charge in [-0.05, 0) is 17.2 Å². The van der Waals surface area contributed by atoms with Gasteiger partial charge in [0.15, 0.2) is 0 Å². The van der Waals surface area contributed by atoms with Crippen molar-refractivity contribution in [2.75, 3.05) is 4.90 Å². The van der Waals surface area contributed by atoms with Crippen LogP contribution in [0.1, 0.15) is 16.7 Å². The van der Waals surface area contributed by atoms with Crippen molar-refractivity contribution in [1.82, 2.24) is 4.98 Å². The molecule has 0 saturated carbocycles. The summed E-state index contributed by atoms with van der Waals surface area (Å²) < 4.78 is 0. The van der Waals surface area contributed by atoms with Crippen LogP contribution in [0.25, 0.3) is 0 Å². The highest BCUT2D eigenvalue weighted by atomic mass is 35.5. The van der Waals surface area contributed by atoms with Gasteiger partial charge in [-0.2, -0.15) is 0 Å². The second-order valence-corrected chi connectivity index (χ2v) is 4.51. The van der Waals surface area contributed by atoms with Crippen LogP contribution < -0.4 is 4.90 Å². The van der Waals surface area contributed by atoms with Crippen molar-refractivity contribution in [1.29, 1.82) is 0 Å². The van der Waals surface area contributed by atoms with Gasteiger partial charge in [-0.25, -0.2) is 4.98 Å². The molecule has 0 spiro atoms. The Labute approximate surface area is 106 Å². The van der Waals surface area contributed by atoms with Crippen molar-refractivity contribution < 1.29 is 0 Å². The van der Waals surface area contributed by atoms with E-state index < -0.39 is 0 Å². The molecule has 0 bridgehead atoms. The monoisotopic (exact) mass is 244 g/mol. The number of fused-ring (bicyclic) bond motifs is 1. The van der Waals surface area contributed by atoms with E-state index in [4.69, 9.17) is 11.6 Å². The Morgan fingerprint density at radius 1 is 1.06 bits per heavy atom. The van der Waals surface area contributed by atoms with Crippen molar-refractivity contribution in [3.63, 3.8) is 0 Å². The average molecular weight is 245 g/mol. The van der Waals surface area contributed by atoms with Gasteiger partial charge in [-0.3, -0.25) is 0 Å². The lowest BCUT2D eigenvalue weighted by atomic mass is 10.1. The van der Waals surface area contributed by atoms with Crippen LogP contribution in [-0.2, 0) is 19.0 Å². The second-order valence-electron chi connectivity index (χ2n) is 4.24. The van der Waals surface area contributed by atoms with Crippen LogP contribution in [0.3, 0.4) is 0 Å². The Morgan fingerprint density at radius 3 is 2.41 bits per heavy atom. The third-order valence-corrected chi connectivity index (χ3v) is 3.44. The van der Waals surface area contributed by atoms with Crippen LogP contribution in [0.4, 0.5) is 5.82 Å². The number of rotatable bonds is 2. The molecule has 0 amide bonds. The fourth-order valence-corrected chi connectivity index (χ4v) is 2.51. The third-order valence-electron chi connectivity index (χ3n) is 3.15. The molecule has 0 saturated heterocycles. The maximum absolute atomic E-state index is 5.96. The smallest absolute Gasteiger partial charge is 0.133 e. The first-order chi connectivity index (χ1) is 8.38. The number of hydrogen-bond acceptors (Lipinski definition) is 2. The van der Waals surface area contributed by atoms with Gasteiger partial charge < -0.3 is 4.90 Å². The molecule has 17 heavy (non-hydrogen) atoms. The minimum Gasteiger partial charge on any atom is -0.348 e. The van der Waals surface area contributed by atoms with Crippen molar-refractivity contribution in [2.24, 2.45) is 0 Å². The third kappa shape index (κ3) is 1.89. The van der Waals surface area contributed by atoms with Gasteiger partial charge in [0.2, 0.25) is 0 Å². The minimum atomic E-state index is 0.510. The molecule has 0 atom stereocenters. The first kappa shape index (κ1) is 10.6. The quantitative estimate of drug-likeness (QED) is 0.754. The van der Waals surface area contributed by atoms with E-state index in [-0.39, 0.29) is 0 Å². The molecule has 0 unspecified atom stereocenters. The SMILES string of the molecule is ClCc1cccnc1N1Cc2ccccc2C1. The molecule has 1 aromatic carbocycles. The standard InChI is InChI=1S/C14H13ClN2/c15-8-11-6-3-7-16-14(11)17-9-12-4-1-2-5-13(12)10-17/h1-7H,8-10H2. The minimum absolute atomic E-state index is 0.510. The molecule has 0 radical (unpaired) electrons. The van der Waals surface area contributed by atoms with Crippen LogP contribution >= 0.6 is 11.6 Å². The number of halogens is 1. The molecular weight excluding hydrogens is 232 g/mol. The predicted molar refractivity (Wildman–Crippen MR) is 70.1 cm³/mol.